The summed E-state index contributed by atoms with van der Waals surface area (Å²) < 4.78 is 1.25. The highest BCUT2D eigenvalue weighted by Crippen LogP contribution is 2.23. The Hall–Kier alpha value is -2.28. The molecule has 0 atom stereocenters. The van der Waals surface area contributed by atoms with E-state index >= 15 is 0 Å². The maximum Gasteiger partial charge on any atom is 0.238 e. The number of piperazine rings is 1. The van der Waals surface area contributed by atoms with Crippen molar-refractivity contribution in [2.24, 2.45) is 0 Å². The molecule has 1 aliphatic rings. The van der Waals surface area contributed by atoms with Crippen molar-refractivity contribution >= 4 is 33.1 Å². The molecule has 1 saturated heterocycles. The average Bonchev–Trinajstić information content (AvgIpc) is 3.05. The Balaban J connectivity index is 1.25. The molecular formula is C21H24N4OS. The van der Waals surface area contributed by atoms with Crippen LogP contribution in [0.2, 0.25) is 0 Å². The van der Waals surface area contributed by atoms with E-state index in [1.807, 2.05) is 37.3 Å². The number of carbonyl (C=O) groups is 1. The first-order valence-corrected chi connectivity index (χ1v) is 10.1. The van der Waals surface area contributed by atoms with Crippen molar-refractivity contribution in [3.05, 3.63) is 59.1 Å². The molecule has 0 unspecified atom stereocenters. The Morgan fingerprint density at radius 1 is 1.07 bits per heavy atom. The number of aryl methyl sites for hydroxylation is 1. The van der Waals surface area contributed by atoms with E-state index < -0.39 is 0 Å². The van der Waals surface area contributed by atoms with E-state index in [0.29, 0.717) is 6.54 Å². The lowest BCUT2D eigenvalue weighted by atomic mass is 10.2. The summed E-state index contributed by atoms with van der Waals surface area (Å²) in [6.07, 6.45) is 0. The topological polar surface area (TPSA) is 48.5 Å². The third kappa shape index (κ3) is 4.71. The van der Waals surface area contributed by atoms with E-state index in [1.54, 1.807) is 11.3 Å². The van der Waals surface area contributed by atoms with Crippen molar-refractivity contribution < 1.29 is 4.79 Å². The zero-order chi connectivity index (χ0) is 18.6. The summed E-state index contributed by atoms with van der Waals surface area (Å²) >= 11 is 1.77. The van der Waals surface area contributed by atoms with Crippen LogP contribution in [0.3, 0.4) is 0 Å². The number of anilines is 1. The third-order valence-corrected chi connectivity index (χ3v) is 5.85. The zero-order valence-corrected chi connectivity index (χ0v) is 16.3. The summed E-state index contributed by atoms with van der Waals surface area (Å²) in [5, 5.41) is 4.16. The molecule has 27 heavy (non-hydrogen) atoms. The van der Waals surface area contributed by atoms with Crippen LogP contribution in [0, 0.1) is 6.92 Å². The second-order valence-electron chi connectivity index (χ2n) is 7.05. The fourth-order valence-electron chi connectivity index (χ4n) is 3.41. The minimum Gasteiger partial charge on any atom is -0.325 e. The molecule has 0 saturated carbocycles. The molecule has 0 radical (unpaired) electrons. The average molecular weight is 381 g/mol. The van der Waals surface area contributed by atoms with Crippen LogP contribution in [-0.4, -0.2) is 53.4 Å². The number of nitrogens with zero attached hydrogens (tertiary/aromatic N) is 3. The number of para-hydroxylation sites is 1. The van der Waals surface area contributed by atoms with Crippen LogP contribution in [0.25, 0.3) is 10.2 Å². The lowest BCUT2D eigenvalue weighted by molar-refractivity contribution is -0.117. The highest BCUT2D eigenvalue weighted by molar-refractivity contribution is 7.18. The summed E-state index contributed by atoms with van der Waals surface area (Å²) in [6.45, 7) is 7.12. The summed E-state index contributed by atoms with van der Waals surface area (Å²) in [5.74, 6) is 0.0558. The van der Waals surface area contributed by atoms with Gasteiger partial charge in [0.2, 0.25) is 5.91 Å². The van der Waals surface area contributed by atoms with Crippen LogP contribution in [0.15, 0.2) is 48.5 Å². The van der Waals surface area contributed by atoms with Crippen molar-refractivity contribution in [2.45, 2.75) is 13.5 Å². The maximum atomic E-state index is 12.3. The molecule has 3 aromatic rings. The van der Waals surface area contributed by atoms with Gasteiger partial charge in [0.1, 0.15) is 5.01 Å². The Bertz CT molecular complexity index is 898. The van der Waals surface area contributed by atoms with Crippen molar-refractivity contribution in [1.82, 2.24) is 14.8 Å². The van der Waals surface area contributed by atoms with Crippen LogP contribution < -0.4 is 5.32 Å². The van der Waals surface area contributed by atoms with Crippen molar-refractivity contribution in [3.8, 4) is 0 Å². The molecule has 1 fully saturated rings. The number of thiazole rings is 1. The summed E-state index contributed by atoms with van der Waals surface area (Å²) in [4.78, 5) is 21.7. The van der Waals surface area contributed by atoms with E-state index in [-0.39, 0.29) is 5.91 Å². The van der Waals surface area contributed by atoms with Crippen molar-refractivity contribution in [3.63, 3.8) is 0 Å². The fourth-order valence-corrected chi connectivity index (χ4v) is 4.42. The van der Waals surface area contributed by atoms with E-state index in [9.17, 15) is 4.79 Å². The number of hydrogen-bond acceptors (Lipinski definition) is 5. The number of aromatic nitrogens is 1. The van der Waals surface area contributed by atoms with Gasteiger partial charge in [-0.3, -0.25) is 14.6 Å². The molecular weight excluding hydrogens is 356 g/mol. The molecule has 1 aliphatic heterocycles. The van der Waals surface area contributed by atoms with Gasteiger partial charge >= 0.3 is 0 Å². The van der Waals surface area contributed by atoms with Crippen LogP contribution in [0.4, 0.5) is 5.69 Å². The molecule has 0 bridgehead atoms. The van der Waals surface area contributed by atoms with Gasteiger partial charge in [-0.15, -0.1) is 11.3 Å². The van der Waals surface area contributed by atoms with Gasteiger partial charge < -0.3 is 5.32 Å². The quantitative estimate of drug-likeness (QED) is 0.737. The Morgan fingerprint density at radius 3 is 2.63 bits per heavy atom. The molecule has 5 nitrogen and oxygen atoms in total. The maximum absolute atomic E-state index is 12.3. The molecule has 6 heteroatoms. The Kier molecular flexibility index (Phi) is 5.48. The summed E-state index contributed by atoms with van der Waals surface area (Å²) in [6, 6.07) is 16.2. The third-order valence-electron chi connectivity index (χ3n) is 4.83. The van der Waals surface area contributed by atoms with E-state index in [0.717, 1.165) is 49.5 Å². The van der Waals surface area contributed by atoms with Crippen molar-refractivity contribution in [1.29, 1.82) is 0 Å². The molecule has 4 rings (SSSR count). The number of carbonyl (C=O) groups excluding carboxylic acids is 1. The largest absolute Gasteiger partial charge is 0.325 e. The first-order valence-electron chi connectivity index (χ1n) is 9.31. The standard InChI is InChI=1S/C21H24N4OS/c1-16-5-4-6-17(13-16)22-20(26)14-24-9-11-25(12-10-24)15-21-23-18-7-2-3-8-19(18)27-21/h2-8,13H,9-12,14-15H2,1H3,(H,22,26). The molecule has 2 aromatic carbocycles. The zero-order valence-electron chi connectivity index (χ0n) is 15.5. The van der Waals surface area contributed by atoms with Gasteiger partial charge in [-0.1, -0.05) is 24.3 Å². The number of amides is 1. The highest BCUT2D eigenvalue weighted by Gasteiger charge is 2.20. The monoisotopic (exact) mass is 380 g/mol. The highest BCUT2D eigenvalue weighted by atomic mass is 32.1. The van der Waals surface area contributed by atoms with E-state index in [4.69, 9.17) is 4.98 Å². The summed E-state index contributed by atoms with van der Waals surface area (Å²) in [7, 11) is 0. The van der Waals surface area contributed by atoms with Gasteiger partial charge in [0.05, 0.1) is 23.3 Å². The van der Waals surface area contributed by atoms with E-state index in [2.05, 4.69) is 33.3 Å². The SMILES string of the molecule is Cc1cccc(NC(=O)CN2CCN(Cc3nc4ccccc4s3)CC2)c1. The minimum absolute atomic E-state index is 0.0558. The van der Waals surface area contributed by atoms with Gasteiger partial charge in [-0.05, 0) is 36.8 Å². The van der Waals surface area contributed by atoms with Gasteiger partial charge in [-0.2, -0.15) is 0 Å². The van der Waals surface area contributed by atoms with Crippen LogP contribution in [-0.2, 0) is 11.3 Å². The molecule has 1 aromatic heterocycles. The summed E-state index contributed by atoms with van der Waals surface area (Å²) in [5.41, 5.74) is 3.11. The number of rotatable bonds is 5. The second-order valence-corrected chi connectivity index (χ2v) is 8.16. The number of fused-ring (bicyclic) bond motifs is 1. The first kappa shape index (κ1) is 18.1. The van der Waals surface area contributed by atoms with Gasteiger partial charge in [-0.25, -0.2) is 4.98 Å². The Labute approximate surface area is 163 Å². The first-order chi connectivity index (χ1) is 13.2. The van der Waals surface area contributed by atoms with Crippen LogP contribution in [0.1, 0.15) is 10.6 Å². The normalized spacial score (nSPS) is 15.9. The molecule has 1 amide bonds. The minimum atomic E-state index is 0.0558. The van der Waals surface area contributed by atoms with Crippen molar-refractivity contribution in [2.75, 3.05) is 38.0 Å². The molecule has 2 heterocycles. The lowest BCUT2D eigenvalue weighted by Crippen LogP contribution is -2.48. The predicted octanol–water partition coefficient (Wildman–Crippen LogP) is 3.36. The molecule has 140 valence electrons. The number of nitrogens with one attached hydrogen (secondary N) is 1. The van der Waals surface area contributed by atoms with Crippen LogP contribution in [0.5, 0.6) is 0 Å². The molecule has 0 aliphatic carbocycles. The molecule has 1 N–H and O–H groups in total. The van der Waals surface area contributed by atoms with E-state index in [1.165, 1.54) is 9.71 Å². The Morgan fingerprint density at radius 2 is 1.85 bits per heavy atom. The van der Waals surface area contributed by atoms with Crippen LogP contribution >= 0.6 is 11.3 Å². The van der Waals surface area contributed by atoms with Gasteiger partial charge in [0, 0.05) is 31.9 Å². The smallest absolute Gasteiger partial charge is 0.238 e. The lowest BCUT2D eigenvalue weighted by Gasteiger charge is -2.33. The number of hydrogen-bond donors (Lipinski definition) is 1. The second kappa shape index (κ2) is 8.17. The van der Waals surface area contributed by atoms with Gasteiger partial charge in [0.15, 0.2) is 0 Å². The van der Waals surface area contributed by atoms with Gasteiger partial charge in [0.25, 0.3) is 0 Å². The number of benzene rings is 2. The fraction of sp³-hybridized carbons (Fsp3) is 0.333. The molecule has 0 spiro atoms. The predicted molar refractivity (Wildman–Crippen MR) is 111 cm³/mol.